The molecule has 0 saturated carbocycles. The highest BCUT2D eigenvalue weighted by atomic mass is 79.9. The molecule has 0 N–H and O–H groups in total. The van der Waals surface area contributed by atoms with E-state index in [-0.39, 0.29) is 24.6 Å². The second kappa shape index (κ2) is 10.3. The zero-order valence-corrected chi connectivity index (χ0v) is 22.1. The Balaban J connectivity index is 1.72. The van der Waals surface area contributed by atoms with Crippen molar-refractivity contribution < 1.29 is 22.7 Å². The van der Waals surface area contributed by atoms with Crippen LogP contribution in [0.15, 0.2) is 56.8 Å². The van der Waals surface area contributed by atoms with Crippen molar-refractivity contribution in [2.45, 2.75) is 37.2 Å². The zero-order chi connectivity index (χ0) is 24.5. The predicted molar refractivity (Wildman–Crippen MR) is 133 cm³/mol. The minimum absolute atomic E-state index is 0.0701. The average Bonchev–Trinajstić information content (AvgIpc) is 3.40. The Morgan fingerprint density at radius 3 is 2.68 bits per heavy atom. The summed E-state index contributed by atoms with van der Waals surface area (Å²) in [4.78, 5) is 30.1. The highest BCUT2D eigenvalue weighted by molar-refractivity contribution is 9.10. The largest absolute Gasteiger partial charge is 0.465 e. The second-order valence-corrected chi connectivity index (χ2v) is 11.8. The van der Waals surface area contributed by atoms with Crippen molar-refractivity contribution in [3.63, 3.8) is 0 Å². The summed E-state index contributed by atoms with van der Waals surface area (Å²) in [5, 5.41) is 0.422. The molecule has 2 aromatic carbocycles. The van der Waals surface area contributed by atoms with Crippen LogP contribution in [0.4, 0.5) is 0 Å². The van der Waals surface area contributed by atoms with Crippen LogP contribution in [0.3, 0.4) is 0 Å². The molecule has 1 aliphatic rings. The van der Waals surface area contributed by atoms with Gasteiger partial charge in [0.25, 0.3) is 5.91 Å². The van der Waals surface area contributed by atoms with E-state index in [2.05, 4.69) is 20.9 Å². The maximum absolute atomic E-state index is 13.2. The fourth-order valence-corrected chi connectivity index (χ4v) is 7.17. The van der Waals surface area contributed by atoms with Gasteiger partial charge in [0.05, 0.1) is 21.7 Å². The summed E-state index contributed by atoms with van der Waals surface area (Å²) in [6.07, 6.45) is 0.907. The quantitative estimate of drug-likeness (QED) is 0.407. The van der Waals surface area contributed by atoms with Gasteiger partial charge in [-0.2, -0.15) is 9.30 Å². The first-order chi connectivity index (χ1) is 16.2. The van der Waals surface area contributed by atoms with Crippen LogP contribution < -0.4 is 4.80 Å². The number of hydrogen-bond donors (Lipinski definition) is 0. The second-order valence-electron chi connectivity index (χ2n) is 7.57. The number of rotatable bonds is 6. The van der Waals surface area contributed by atoms with Gasteiger partial charge in [-0.25, -0.2) is 8.42 Å². The summed E-state index contributed by atoms with van der Waals surface area (Å²) in [5.41, 5.74) is 0.727. The summed E-state index contributed by atoms with van der Waals surface area (Å²) in [5.74, 6) is -1.02. The molecule has 1 atom stereocenters. The lowest BCUT2D eigenvalue weighted by Gasteiger charge is -2.21. The summed E-state index contributed by atoms with van der Waals surface area (Å²) in [7, 11) is -3.90. The molecule has 1 unspecified atom stereocenters. The topological polar surface area (TPSA) is 98.0 Å². The molecule has 0 radical (unpaired) electrons. The first-order valence-corrected chi connectivity index (χ1v) is 13.9. The number of nitrogens with zero attached hydrogens (tertiary/aromatic N) is 3. The third-order valence-corrected chi connectivity index (χ3v) is 9.06. The van der Waals surface area contributed by atoms with Gasteiger partial charge in [0.15, 0.2) is 4.80 Å². The minimum Gasteiger partial charge on any atom is -0.465 e. The molecule has 3 aromatic rings. The Bertz CT molecular complexity index is 1420. The normalized spacial score (nSPS) is 17.4. The van der Waals surface area contributed by atoms with E-state index in [4.69, 9.17) is 16.3 Å². The van der Waals surface area contributed by atoms with Crippen molar-refractivity contribution in [3.05, 3.63) is 56.8 Å². The highest BCUT2D eigenvalue weighted by Crippen LogP contribution is 2.28. The smallest absolute Gasteiger partial charge is 0.326 e. The van der Waals surface area contributed by atoms with Crippen LogP contribution in [-0.2, 0) is 30.9 Å². The fraction of sp³-hybridized carbons (Fsp3) is 0.318. The van der Waals surface area contributed by atoms with Gasteiger partial charge in [0.2, 0.25) is 10.0 Å². The van der Waals surface area contributed by atoms with Crippen molar-refractivity contribution in [1.29, 1.82) is 0 Å². The van der Waals surface area contributed by atoms with Crippen LogP contribution in [-0.4, -0.2) is 48.4 Å². The lowest BCUT2D eigenvalue weighted by molar-refractivity contribution is -0.143. The molecule has 0 bridgehead atoms. The number of ether oxygens (including phenoxy) is 1. The number of halogens is 2. The van der Waals surface area contributed by atoms with E-state index in [1.807, 2.05) is 18.2 Å². The molecule has 34 heavy (non-hydrogen) atoms. The number of hydrogen-bond acceptors (Lipinski definition) is 6. The standard InChI is InChI=1S/C22H21BrClN3O5S2/c1-2-32-20(28)13-26-17-10-5-14(23)12-19(17)33-22(26)25-21(29)18-4-3-11-27(18)34(30,31)16-8-6-15(24)7-9-16/h5-10,12,18H,2-4,11,13H2,1H3. The average molecular weight is 587 g/mol. The fourth-order valence-electron chi connectivity index (χ4n) is 3.81. The number of thiazole rings is 1. The number of carbonyl (C=O) groups excluding carboxylic acids is 2. The molecule has 1 aromatic heterocycles. The van der Waals surface area contributed by atoms with Gasteiger partial charge in [-0.15, -0.1) is 0 Å². The van der Waals surface area contributed by atoms with E-state index in [1.54, 1.807) is 11.5 Å². The molecule has 12 heteroatoms. The van der Waals surface area contributed by atoms with Crippen LogP contribution in [0.5, 0.6) is 0 Å². The van der Waals surface area contributed by atoms with E-state index >= 15 is 0 Å². The number of carbonyl (C=O) groups is 2. The zero-order valence-electron chi connectivity index (χ0n) is 18.1. The first kappa shape index (κ1) is 25.1. The number of benzene rings is 2. The maximum Gasteiger partial charge on any atom is 0.326 e. The van der Waals surface area contributed by atoms with E-state index in [0.29, 0.717) is 22.7 Å². The molecule has 1 aliphatic heterocycles. The highest BCUT2D eigenvalue weighted by Gasteiger charge is 2.39. The molecule has 0 spiro atoms. The van der Waals surface area contributed by atoms with Crippen LogP contribution in [0.1, 0.15) is 19.8 Å². The van der Waals surface area contributed by atoms with Crippen molar-refractivity contribution in [2.75, 3.05) is 13.2 Å². The van der Waals surface area contributed by atoms with E-state index in [9.17, 15) is 18.0 Å². The maximum atomic E-state index is 13.2. The number of amides is 1. The Kier molecular flexibility index (Phi) is 7.58. The Morgan fingerprint density at radius 1 is 1.24 bits per heavy atom. The van der Waals surface area contributed by atoms with E-state index < -0.39 is 27.9 Å². The van der Waals surface area contributed by atoms with Gasteiger partial charge >= 0.3 is 5.97 Å². The van der Waals surface area contributed by atoms with Gasteiger partial charge in [-0.05, 0) is 62.2 Å². The Hall–Kier alpha value is -2.05. The molecule has 1 amide bonds. The minimum atomic E-state index is -3.90. The number of sulfonamides is 1. The van der Waals surface area contributed by atoms with Crippen molar-refractivity contribution >= 4 is 71.0 Å². The Morgan fingerprint density at radius 2 is 1.97 bits per heavy atom. The molecule has 4 rings (SSSR count). The predicted octanol–water partition coefficient (Wildman–Crippen LogP) is 3.96. The summed E-state index contributed by atoms with van der Waals surface area (Å²) in [6, 6.07) is 10.5. The van der Waals surface area contributed by atoms with E-state index in [1.165, 1.54) is 39.9 Å². The number of aromatic nitrogens is 1. The molecule has 8 nitrogen and oxygen atoms in total. The van der Waals surface area contributed by atoms with Gasteiger partial charge < -0.3 is 9.30 Å². The number of fused-ring (bicyclic) bond motifs is 1. The molecule has 2 heterocycles. The third kappa shape index (κ3) is 5.13. The first-order valence-electron chi connectivity index (χ1n) is 10.5. The molecule has 1 saturated heterocycles. The van der Waals surface area contributed by atoms with Crippen LogP contribution >= 0.6 is 38.9 Å². The Labute approximate surface area is 214 Å². The third-order valence-electron chi connectivity index (χ3n) is 5.35. The van der Waals surface area contributed by atoms with Crippen LogP contribution in [0, 0.1) is 0 Å². The monoisotopic (exact) mass is 585 g/mol. The van der Waals surface area contributed by atoms with Gasteiger partial charge in [0.1, 0.15) is 12.6 Å². The SMILES string of the molecule is CCOC(=O)Cn1c(=NC(=O)C2CCCN2S(=O)(=O)c2ccc(Cl)cc2)sc2cc(Br)ccc21. The van der Waals surface area contributed by atoms with Crippen molar-refractivity contribution in [2.24, 2.45) is 4.99 Å². The van der Waals surface area contributed by atoms with Crippen LogP contribution in [0.25, 0.3) is 10.2 Å². The van der Waals surface area contributed by atoms with Crippen LogP contribution in [0.2, 0.25) is 5.02 Å². The van der Waals surface area contributed by atoms with Crippen molar-refractivity contribution in [3.8, 4) is 0 Å². The summed E-state index contributed by atoms with van der Waals surface area (Å²) >= 11 is 10.6. The lowest BCUT2D eigenvalue weighted by Crippen LogP contribution is -2.40. The molecular formula is C22H21BrClN3O5S2. The summed E-state index contributed by atoms with van der Waals surface area (Å²) < 4.78 is 36.0. The van der Waals surface area contributed by atoms with Gasteiger partial charge in [-0.1, -0.05) is 38.9 Å². The van der Waals surface area contributed by atoms with E-state index in [0.717, 1.165) is 14.7 Å². The lowest BCUT2D eigenvalue weighted by atomic mass is 10.2. The molecule has 180 valence electrons. The van der Waals surface area contributed by atoms with Gasteiger partial charge in [-0.3, -0.25) is 9.59 Å². The molecule has 0 aliphatic carbocycles. The summed E-state index contributed by atoms with van der Waals surface area (Å²) in [6.45, 7) is 2.06. The number of esters is 1. The molecule has 1 fully saturated rings. The molecular weight excluding hydrogens is 566 g/mol. The van der Waals surface area contributed by atoms with Crippen molar-refractivity contribution in [1.82, 2.24) is 8.87 Å². The van der Waals surface area contributed by atoms with Gasteiger partial charge in [0, 0.05) is 16.0 Å².